The monoisotopic (exact) mass is 541 g/mol. The highest BCUT2D eigenvalue weighted by Crippen LogP contribution is 2.32. The topological polar surface area (TPSA) is 152 Å². The van der Waals surface area contributed by atoms with Crippen molar-refractivity contribution in [1.82, 2.24) is 19.5 Å². The van der Waals surface area contributed by atoms with E-state index in [-0.39, 0.29) is 11.5 Å². The number of imidazole rings is 1. The highest BCUT2D eigenvalue weighted by Gasteiger charge is 2.44. The van der Waals surface area contributed by atoms with Crippen molar-refractivity contribution >= 4 is 45.5 Å². The molecule has 31 heavy (non-hydrogen) atoms. The number of nitrogens with zero attached hydrogens (tertiary/aromatic N) is 4. The third-order valence-corrected chi connectivity index (χ3v) is 5.60. The molecule has 3 heterocycles. The molecule has 0 radical (unpaired) electrons. The lowest BCUT2D eigenvalue weighted by Gasteiger charge is -2.17. The van der Waals surface area contributed by atoms with Crippen molar-refractivity contribution in [3.05, 3.63) is 45.6 Å². The lowest BCUT2D eigenvalue weighted by Crippen LogP contribution is -2.33. The second-order valence-electron chi connectivity index (χ2n) is 6.92. The fraction of sp³-hybridized carbons (Fsp3) is 0.368. The number of rotatable bonds is 6. The third kappa shape index (κ3) is 4.21. The van der Waals surface area contributed by atoms with Gasteiger partial charge in [0.05, 0.1) is 20.0 Å². The van der Waals surface area contributed by atoms with E-state index in [0.29, 0.717) is 17.9 Å². The van der Waals surface area contributed by atoms with Crippen LogP contribution in [0.25, 0.3) is 11.2 Å². The Morgan fingerprint density at radius 3 is 2.81 bits per heavy atom. The molecule has 0 unspecified atom stereocenters. The minimum atomic E-state index is -1.33. The quantitative estimate of drug-likeness (QED) is 0.256. The predicted molar refractivity (Wildman–Crippen MR) is 116 cm³/mol. The average Bonchev–Trinajstić information content (AvgIpc) is 3.32. The summed E-state index contributed by atoms with van der Waals surface area (Å²) >= 11 is 2.22. The van der Waals surface area contributed by atoms with Crippen molar-refractivity contribution in [3.63, 3.8) is 0 Å². The average molecular weight is 541 g/mol. The smallest absolute Gasteiger partial charge is 0.376 e. The molecule has 3 aromatic rings. The maximum atomic E-state index is 12.1. The number of aliphatic hydroxyl groups excluding tert-OH is 3. The maximum absolute atomic E-state index is 12.1. The number of anilines is 1. The van der Waals surface area contributed by atoms with Crippen LogP contribution in [0.3, 0.4) is 0 Å². The Morgan fingerprint density at radius 1 is 1.32 bits per heavy atom. The van der Waals surface area contributed by atoms with Crippen molar-refractivity contribution in [2.75, 3.05) is 19.0 Å². The molecule has 4 N–H and O–H groups in total. The molecule has 1 fully saturated rings. The molecule has 164 valence electrons. The van der Waals surface area contributed by atoms with Gasteiger partial charge < -0.3 is 30.1 Å². The number of hydrogen-bond donors (Lipinski definition) is 4. The van der Waals surface area contributed by atoms with Gasteiger partial charge in [-0.3, -0.25) is 4.57 Å². The lowest BCUT2D eigenvalue weighted by atomic mass is 10.1. The van der Waals surface area contributed by atoms with Gasteiger partial charge in [0.25, 0.3) is 0 Å². The van der Waals surface area contributed by atoms with E-state index in [9.17, 15) is 20.1 Å². The highest BCUT2D eigenvalue weighted by atomic mass is 127. The van der Waals surface area contributed by atoms with Gasteiger partial charge in [0.15, 0.2) is 23.2 Å². The molecule has 0 saturated carbocycles. The molecule has 0 amide bonds. The van der Waals surface area contributed by atoms with Crippen LogP contribution in [0.1, 0.15) is 22.4 Å². The van der Waals surface area contributed by atoms with Gasteiger partial charge in [-0.25, -0.2) is 19.7 Å². The van der Waals surface area contributed by atoms with Gasteiger partial charge in [-0.2, -0.15) is 0 Å². The van der Waals surface area contributed by atoms with Gasteiger partial charge in [-0.05, 0) is 40.3 Å². The van der Waals surface area contributed by atoms with Gasteiger partial charge in [0.2, 0.25) is 5.82 Å². The molecule has 4 atom stereocenters. The highest BCUT2D eigenvalue weighted by molar-refractivity contribution is 14.1. The first-order valence-corrected chi connectivity index (χ1v) is 10.4. The van der Waals surface area contributed by atoms with Crippen molar-refractivity contribution in [2.24, 2.45) is 0 Å². The normalized spacial score (nSPS) is 23.3. The van der Waals surface area contributed by atoms with Crippen LogP contribution in [0.2, 0.25) is 0 Å². The number of ether oxygens (including phenoxy) is 2. The third-order valence-electron chi connectivity index (χ3n) is 4.93. The summed E-state index contributed by atoms with van der Waals surface area (Å²) in [5, 5.41) is 33.0. The van der Waals surface area contributed by atoms with Crippen LogP contribution >= 0.6 is 22.6 Å². The molecule has 1 aliphatic heterocycles. The van der Waals surface area contributed by atoms with Crippen molar-refractivity contribution in [1.29, 1.82) is 0 Å². The number of carbonyl (C=O) groups excluding carboxylic acids is 1. The molecule has 11 nitrogen and oxygen atoms in total. The summed E-state index contributed by atoms with van der Waals surface area (Å²) < 4.78 is 12.8. The molecule has 2 aromatic heterocycles. The van der Waals surface area contributed by atoms with Gasteiger partial charge in [-0.1, -0.05) is 12.1 Å². The molecule has 0 bridgehead atoms. The summed E-state index contributed by atoms with van der Waals surface area (Å²) in [6.07, 6.45) is -3.25. The molecular weight excluding hydrogens is 521 g/mol. The Morgan fingerprint density at radius 2 is 2.13 bits per heavy atom. The molecule has 1 aliphatic rings. The van der Waals surface area contributed by atoms with E-state index in [1.165, 1.54) is 18.0 Å². The number of hydrogen-bond acceptors (Lipinski definition) is 10. The summed E-state index contributed by atoms with van der Waals surface area (Å²) in [6, 6.07) is 7.87. The Labute approximate surface area is 190 Å². The Bertz CT molecular complexity index is 1110. The van der Waals surface area contributed by atoms with Gasteiger partial charge in [0, 0.05) is 10.1 Å². The van der Waals surface area contributed by atoms with Crippen LogP contribution in [0, 0.1) is 3.57 Å². The van der Waals surface area contributed by atoms with E-state index >= 15 is 0 Å². The zero-order valence-electron chi connectivity index (χ0n) is 16.3. The first kappa shape index (κ1) is 21.8. The summed E-state index contributed by atoms with van der Waals surface area (Å²) in [5.41, 5.74) is 1.55. The zero-order chi connectivity index (χ0) is 22.1. The number of carbonyl (C=O) groups is 1. The van der Waals surface area contributed by atoms with Crippen molar-refractivity contribution in [2.45, 2.75) is 31.1 Å². The largest absolute Gasteiger partial charge is 0.463 e. The van der Waals surface area contributed by atoms with Gasteiger partial charge in [-0.15, -0.1) is 0 Å². The van der Waals surface area contributed by atoms with Crippen LogP contribution in [0.5, 0.6) is 0 Å². The summed E-state index contributed by atoms with van der Waals surface area (Å²) in [5.74, 6) is -0.642. The number of aliphatic hydroxyl groups is 3. The number of benzene rings is 1. The van der Waals surface area contributed by atoms with Crippen molar-refractivity contribution in [3.8, 4) is 0 Å². The summed E-state index contributed by atoms with van der Waals surface area (Å²) in [6.45, 7) is -0.0449. The van der Waals surface area contributed by atoms with Crippen LogP contribution in [0.4, 0.5) is 5.82 Å². The molecule has 0 spiro atoms. The molecule has 4 rings (SSSR count). The molecule has 12 heteroatoms. The van der Waals surface area contributed by atoms with Gasteiger partial charge in [0.1, 0.15) is 18.3 Å². The van der Waals surface area contributed by atoms with Crippen molar-refractivity contribution < 1.29 is 29.6 Å². The summed E-state index contributed by atoms with van der Waals surface area (Å²) in [4.78, 5) is 24.9. The number of esters is 1. The number of aromatic nitrogens is 4. The second kappa shape index (κ2) is 9.00. The van der Waals surface area contributed by atoms with Crippen LogP contribution in [-0.2, 0) is 16.0 Å². The van der Waals surface area contributed by atoms with Crippen LogP contribution < -0.4 is 5.32 Å². The minimum absolute atomic E-state index is 0.200. The lowest BCUT2D eigenvalue weighted by molar-refractivity contribution is -0.0511. The minimum Gasteiger partial charge on any atom is -0.463 e. The SMILES string of the molecule is COC(=O)c1nc(NCc2cccc(I)c2)c2ncn([C@@H]3O[C@H](CO)[C@@H](O)[C@H]3O)c2n1. The zero-order valence-corrected chi connectivity index (χ0v) is 18.5. The number of nitrogens with one attached hydrogen (secondary N) is 1. The van der Waals surface area contributed by atoms with Gasteiger partial charge >= 0.3 is 5.97 Å². The summed E-state index contributed by atoms with van der Waals surface area (Å²) in [7, 11) is 1.22. The molecule has 1 aromatic carbocycles. The Hall–Kier alpha value is -2.39. The Kier molecular flexibility index (Phi) is 6.34. The first-order chi connectivity index (χ1) is 14.9. The van der Waals surface area contributed by atoms with E-state index in [1.807, 2.05) is 24.3 Å². The fourth-order valence-electron chi connectivity index (χ4n) is 3.35. The van der Waals surface area contributed by atoms with E-state index in [1.54, 1.807) is 0 Å². The first-order valence-electron chi connectivity index (χ1n) is 9.36. The van der Waals surface area contributed by atoms with Crippen LogP contribution in [-0.4, -0.2) is 72.8 Å². The number of methoxy groups -OCH3 is 1. The second-order valence-corrected chi connectivity index (χ2v) is 8.17. The van der Waals surface area contributed by atoms with E-state index in [2.05, 4.69) is 42.9 Å². The van der Waals surface area contributed by atoms with E-state index in [0.717, 1.165) is 9.13 Å². The maximum Gasteiger partial charge on any atom is 0.376 e. The predicted octanol–water partition coefficient (Wildman–Crippen LogP) is 0.441. The van der Waals surface area contributed by atoms with Crippen LogP contribution in [0.15, 0.2) is 30.6 Å². The molecule has 1 saturated heterocycles. The molecular formula is C19H20IN5O6. The van der Waals surface area contributed by atoms with E-state index < -0.39 is 37.1 Å². The standard InChI is InChI=1S/C19H20IN5O6/c1-30-19(29)16-23-15(21-6-9-3-2-4-10(20)5-9)12-17(24-16)25(8-22-12)18-14(28)13(27)11(7-26)31-18/h2-5,8,11,13-14,18,26-28H,6-7H2,1H3,(H,21,23,24)/t11-,13-,14-,18-/m1/s1. The molecule has 0 aliphatic carbocycles. The number of halogens is 1. The van der Waals surface area contributed by atoms with E-state index in [4.69, 9.17) is 9.47 Å². The number of fused-ring (bicyclic) bond motifs is 1. The Balaban J connectivity index is 1.73. The fourth-order valence-corrected chi connectivity index (χ4v) is 3.96.